The molecule has 0 aliphatic carbocycles. The van der Waals surface area contributed by atoms with Crippen LogP contribution in [-0.2, 0) is 15.1 Å². The number of halogens is 3. The average Bonchev–Trinajstić information content (AvgIpc) is 3.17. The van der Waals surface area contributed by atoms with Gasteiger partial charge < -0.3 is 9.64 Å². The van der Waals surface area contributed by atoms with E-state index >= 15 is 0 Å². The SMILES string of the molecule is O=C([C@@H]1CCCO1)N1CCC[C@@]1(c1ccccc1)C(F)(F)F. The van der Waals surface area contributed by atoms with Gasteiger partial charge in [-0.2, -0.15) is 13.2 Å². The number of nitrogens with zero attached hydrogens (tertiary/aromatic N) is 1. The zero-order chi connectivity index (χ0) is 15.8. The molecular weight excluding hydrogens is 295 g/mol. The first-order valence-corrected chi connectivity index (χ1v) is 7.52. The van der Waals surface area contributed by atoms with Gasteiger partial charge in [-0.25, -0.2) is 0 Å². The molecule has 1 aromatic rings. The number of rotatable bonds is 2. The summed E-state index contributed by atoms with van der Waals surface area (Å²) < 4.78 is 47.2. The Morgan fingerprint density at radius 3 is 2.55 bits per heavy atom. The second kappa shape index (κ2) is 5.57. The maximum atomic E-state index is 14.0. The second-order valence-electron chi connectivity index (χ2n) is 5.82. The Morgan fingerprint density at radius 1 is 1.23 bits per heavy atom. The number of carbonyl (C=O) groups excluding carboxylic acids is 1. The first-order valence-electron chi connectivity index (χ1n) is 7.52. The molecule has 120 valence electrons. The summed E-state index contributed by atoms with van der Waals surface area (Å²) in [5.74, 6) is -0.531. The summed E-state index contributed by atoms with van der Waals surface area (Å²) in [6, 6.07) is 7.74. The summed E-state index contributed by atoms with van der Waals surface area (Å²) in [5, 5.41) is 0. The Hall–Kier alpha value is -1.56. The van der Waals surface area contributed by atoms with Gasteiger partial charge in [0.05, 0.1) is 0 Å². The summed E-state index contributed by atoms with van der Waals surface area (Å²) in [4.78, 5) is 13.6. The lowest BCUT2D eigenvalue weighted by Crippen LogP contribution is -2.56. The summed E-state index contributed by atoms with van der Waals surface area (Å²) >= 11 is 0. The number of alkyl halides is 3. The van der Waals surface area contributed by atoms with E-state index in [0.717, 1.165) is 4.90 Å². The molecule has 2 aliphatic heterocycles. The van der Waals surface area contributed by atoms with E-state index in [4.69, 9.17) is 4.74 Å². The fourth-order valence-corrected chi connectivity index (χ4v) is 3.54. The molecule has 0 unspecified atom stereocenters. The summed E-state index contributed by atoms with van der Waals surface area (Å²) in [7, 11) is 0. The molecule has 0 radical (unpaired) electrons. The minimum absolute atomic E-state index is 0.0982. The Balaban J connectivity index is 2.02. The van der Waals surface area contributed by atoms with Gasteiger partial charge in [-0.1, -0.05) is 30.3 Å². The molecule has 2 saturated heterocycles. The van der Waals surface area contributed by atoms with Gasteiger partial charge in [0.1, 0.15) is 6.10 Å². The van der Waals surface area contributed by atoms with Crippen molar-refractivity contribution in [1.29, 1.82) is 0 Å². The van der Waals surface area contributed by atoms with Crippen molar-refractivity contribution in [1.82, 2.24) is 4.90 Å². The van der Waals surface area contributed by atoms with Gasteiger partial charge in [0.15, 0.2) is 5.54 Å². The highest BCUT2D eigenvalue weighted by Crippen LogP contribution is 2.51. The fraction of sp³-hybridized carbons (Fsp3) is 0.562. The van der Waals surface area contributed by atoms with Gasteiger partial charge in [0.25, 0.3) is 5.91 Å². The van der Waals surface area contributed by atoms with Crippen LogP contribution in [0.1, 0.15) is 31.2 Å². The lowest BCUT2D eigenvalue weighted by atomic mass is 9.86. The van der Waals surface area contributed by atoms with Gasteiger partial charge in [-0.15, -0.1) is 0 Å². The molecule has 2 heterocycles. The molecule has 0 bridgehead atoms. The summed E-state index contributed by atoms with van der Waals surface area (Å²) in [6.07, 6.45) is -3.79. The number of benzene rings is 1. The van der Waals surface area contributed by atoms with E-state index < -0.39 is 23.7 Å². The van der Waals surface area contributed by atoms with Crippen molar-refractivity contribution in [3.8, 4) is 0 Å². The van der Waals surface area contributed by atoms with Crippen molar-refractivity contribution in [2.24, 2.45) is 0 Å². The van der Waals surface area contributed by atoms with Crippen LogP contribution in [0.5, 0.6) is 0 Å². The van der Waals surface area contributed by atoms with Crippen molar-refractivity contribution < 1.29 is 22.7 Å². The quantitative estimate of drug-likeness (QED) is 0.839. The van der Waals surface area contributed by atoms with Crippen molar-refractivity contribution in [2.45, 2.75) is 43.5 Å². The van der Waals surface area contributed by atoms with Crippen molar-refractivity contribution >= 4 is 5.91 Å². The third kappa shape index (κ3) is 2.29. The Labute approximate surface area is 127 Å². The second-order valence-corrected chi connectivity index (χ2v) is 5.82. The monoisotopic (exact) mass is 313 g/mol. The van der Waals surface area contributed by atoms with Crippen LogP contribution < -0.4 is 0 Å². The van der Waals surface area contributed by atoms with Crippen molar-refractivity contribution in [3.63, 3.8) is 0 Å². The van der Waals surface area contributed by atoms with Gasteiger partial charge in [0, 0.05) is 13.2 Å². The molecule has 2 aliphatic rings. The highest BCUT2D eigenvalue weighted by molar-refractivity contribution is 5.82. The maximum Gasteiger partial charge on any atom is 0.415 e. The van der Waals surface area contributed by atoms with Crippen molar-refractivity contribution in [2.75, 3.05) is 13.2 Å². The molecule has 0 saturated carbocycles. The highest BCUT2D eigenvalue weighted by Gasteiger charge is 2.63. The zero-order valence-corrected chi connectivity index (χ0v) is 12.1. The maximum absolute atomic E-state index is 14.0. The molecule has 22 heavy (non-hydrogen) atoms. The molecule has 0 N–H and O–H groups in total. The molecule has 1 aromatic carbocycles. The molecule has 3 nitrogen and oxygen atoms in total. The van der Waals surface area contributed by atoms with Gasteiger partial charge in [-0.05, 0) is 31.2 Å². The van der Waals surface area contributed by atoms with Crippen LogP contribution in [0.3, 0.4) is 0 Å². The first-order chi connectivity index (χ1) is 10.5. The predicted octanol–water partition coefficient (Wildman–Crippen LogP) is 3.25. The van der Waals surface area contributed by atoms with E-state index in [1.165, 1.54) is 12.1 Å². The third-order valence-electron chi connectivity index (χ3n) is 4.57. The van der Waals surface area contributed by atoms with Crippen LogP contribution in [0, 0.1) is 0 Å². The van der Waals surface area contributed by atoms with Crippen LogP contribution in [-0.4, -0.2) is 36.2 Å². The Morgan fingerprint density at radius 2 is 1.95 bits per heavy atom. The molecule has 0 spiro atoms. The number of hydrogen-bond acceptors (Lipinski definition) is 2. The molecule has 3 rings (SSSR count). The summed E-state index contributed by atoms with van der Waals surface area (Å²) in [6.45, 7) is 0.557. The molecule has 2 atom stereocenters. The van der Waals surface area contributed by atoms with E-state index in [1.54, 1.807) is 18.2 Å². The number of amides is 1. The standard InChI is InChI=1S/C16H18F3NO2/c17-16(18,19)15(12-6-2-1-3-7-12)9-5-10-20(15)14(21)13-8-4-11-22-13/h1-3,6-7,13H,4-5,8-11H2/t13-,15+/m0/s1. The average molecular weight is 313 g/mol. The highest BCUT2D eigenvalue weighted by atomic mass is 19.4. The predicted molar refractivity (Wildman–Crippen MR) is 74.1 cm³/mol. The van der Waals surface area contributed by atoms with E-state index in [9.17, 15) is 18.0 Å². The number of hydrogen-bond donors (Lipinski definition) is 0. The number of ether oxygens (including phenoxy) is 1. The molecular formula is C16H18F3NO2. The van der Waals surface area contributed by atoms with Crippen LogP contribution in [0.15, 0.2) is 30.3 Å². The van der Waals surface area contributed by atoms with Gasteiger partial charge in [-0.3, -0.25) is 4.79 Å². The van der Waals surface area contributed by atoms with Crippen molar-refractivity contribution in [3.05, 3.63) is 35.9 Å². The lowest BCUT2D eigenvalue weighted by molar-refractivity contribution is -0.230. The number of likely N-dealkylation sites (tertiary alicyclic amines) is 1. The molecule has 1 amide bonds. The van der Waals surface area contributed by atoms with E-state index in [-0.39, 0.29) is 18.5 Å². The fourth-order valence-electron chi connectivity index (χ4n) is 3.54. The molecule has 2 fully saturated rings. The van der Waals surface area contributed by atoms with Crippen LogP contribution in [0.2, 0.25) is 0 Å². The van der Waals surface area contributed by atoms with Crippen LogP contribution in [0.25, 0.3) is 0 Å². The molecule has 0 aromatic heterocycles. The Bertz CT molecular complexity index is 540. The topological polar surface area (TPSA) is 29.5 Å². The van der Waals surface area contributed by atoms with E-state index in [0.29, 0.717) is 25.9 Å². The first kappa shape index (κ1) is 15.3. The van der Waals surface area contributed by atoms with Crippen LogP contribution >= 0.6 is 0 Å². The van der Waals surface area contributed by atoms with Gasteiger partial charge in [0.2, 0.25) is 0 Å². The minimum Gasteiger partial charge on any atom is -0.368 e. The van der Waals surface area contributed by atoms with Crippen LogP contribution in [0.4, 0.5) is 13.2 Å². The smallest absolute Gasteiger partial charge is 0.368 e. The lowest BCUT2D eigenvalue weighted by Gasteiger charge is -2.41. The Kier molecular flexibility index (Phi) is 3.89. The largest absolute Gasteiger partial charge is 0.415 e. The third-order valence-corrected chi connectivity index (χ3v) is 4.57. The summed E-state index contributed by atoms with van der Waals surface area (Å²) in [5.41, 5.74) is -2.09. The molecule has 6 heteroatoms. The van der Waals surface area contributed by atoms with E-state index in [2.05, 4.69) is 0 Å². The minimum atomic E-state index is -4.51. The zero-order valence-electron chi connectivity index (χ0n) is 12.1. The van der Waals surface area contributed by atoms with E-state index in [1.807, 2.05) is 0 Å². The normalized spacial score (nSPS) is 29.0. The number of carbonyl (C=O) groups is 1. The van der Waals surface area contributed by atoms with Gasteiger partial charge >= 0.3 is 6.18 Å².